The van der Waals surface area contributed by atoms with Crippen LogP contribution in [0.25, 0.3) is 0 Å². The van der Waals surface area contributed by atoms with Crippen molar-refractivity contribution in [3.63, 3.8) is 0 Å². The zero-order valence-electron chi connectivity index (χ0n) is 10.8. The first-order chi connectivity index (χ1) is 8.45. The number of hydrogen-bond acceptors (Lipinski definition) is 4. The van der Waals surface area contributed by atoms with Gasteiger partial charge in [-0.25, -0.2) is 12.7 Å². The molecule has 1 atom stereocenters. The molecule has 102 valence electrons. The topological polar surface area (TPSA) is 67.2 Å². The molecule has 1 fully saturated rings. The van der Waals surface area contributed by atoms with E-state index in [-0.39, 0.29) is 0 Å². The van der Waals surface area contributed by atoms with Gasteiger partial charge in [-0.05, 0) is 18.8 Å². The van der Waals surface area contributed by atoms with Crippen LogP contribution in [0, 0.1) is 5.92 Å². The fraction of sp³-hybridized carbons (Fsp3) is 0.727. The van der Waals surface area contributed by atoms with Crippen molar-refractivity contribution in [1.82, 2.24) is 14.1 Å². The first kappa shape index (κ1) is 13.4. The Labute approximate surface area is 108 Å². The highest BCUT2D eigenvalue weighted by Crippen LogP contribution is 2.19. The fourth-order valence-corrected chi connectivity index (χ4v) is 3.21. The summed E-state index contributed by atoms with van der Waals surface area (Å²) in [6.07, 6.45) is 6.98. The minimum absolute atomic E-state index is 0.369. The summed E-state index contributed by atoms with van der Waals surface area (Å²) in [5.74, 6) is 0.369. The Morgan fingerprint density at radius 3 is 2.94 bits per heavy atom. The van der Waals surface area contributed by atoms with Crippen LogP contribution in [-0.2, 0) is 17.1 Å². The highest BCUT2D eigenvalue weighted by Gasteiger charge is 2.25. The lowest BCUT2D eigenvalue weighted by molar-refractivity contribution is 0.277. The maximum Gasteiger partial charge on any atom is 0.211 e. The first-order valence-electron chi connectivity index (χ1n) is 6.13. The van der Waals surface area contributed by atoms with E-state index in [1.807, 2.05) is 13.2 Å². The highest BCUT2D eigenvalue weighted by molar-refractivity contribution is 7.88. The van der Waals surface area contributed by atoms with Gasteiger partial charge in [0.2, 0.25) is 10.0 Å². The maximum atomic E-state index is 11.5. The van der Waals surface area contributed by atoms with Crippen LogP contribution in [0.4, 0.5) is 5.69 Å². The monoisotopic (exact) mass is 272 g/mol. The van der Waals surface area contributed by atoms with Crippen molar-refractivity contribution < 1.29 is 8.42 Å². The molecule has 1 saturated heterocycles. The molecule has 0 bridgehead atoms. The van der Waals surface area contributed by atoms with Gasteiger partial charge in [-0.3, -0.25) is 4.68 Å². The minimum atomic E-state index is -3.05. The van der Waals surface area contributed by atoms with Crippen LogP contribution in [0.15, 0.2) is 12.4 Å². The highest BCUT2D eigenvalue weighted by atomic mass is 32.2. The summed E-state index contributed by atoms with van der Waals surface area (Å²) in [5, 5.41) is 7.38. The van der Waals surface area contributed by atoms with Crippen molar-refractivity contribution in [2.24, 2.45) is 13.0 Å². The van der Waals surface area contributed by atoms with E-state index in [9.17, 15) is 8.42 Å². The second-order valence-corrected chi connectivity index (χ2v) is 6.90. The summed E-state index contributed by atoms with van der Waals surface area (Å²) >= 11 is 0. The lowest BCUT2D eigenvalue weighted by Gasteiger charge is -2.31. The van der Waals surface area contributed by atoms with Gasteiger partial charge in [-0.15, -0.1) is 0 Å². The van der Waals surface area contributed by atoms with Crippen molar-refractivity contribution in [3.05, 3.63) is 12.4 Å². The van der Waals surface area contributed by atoms with E-state index in [0.29, 0.717) is 19.0 Å². The van der Waals surface area contributed by atoms with E-state index in [4.69, 9.17) is 0 Å². The summed E-state index contributed by atoms with van der Waals surface area (Å²) in [7, 11) is -1.18. The van der Waals surface area contributed by atoms with Crippen LogP contribution in [0.3, 0.4) is 0 Å². The molecule has 1 aliphatic rings. The molecular formula is C11H20N4O2S. The molecule has 0 amide bonds. The average molecular weight is 272 g/mol. The van der Waals surface area contributed by atoms with Crippen LogP contribution in [-0.4, -0.2) is 48.4 Å². The largest absolute Gasteiger partial charge is 0.382 e. The van der Waals surface area contributed by atoms with Gasteiger partial charge in [0.1, 0.15) is 0 Å². The van der Waals surface area contributed by atoms with Crippen molar-refractivity contribution in [2.75, 3.05) is 31.2 Å². The summed E-state index contributed by atoms with van der Waals surface area (Å²) < 4.78 is 26.3. The molecule has 0 radical (unpaired) electrons. The zero-order chi connectivity index (χ0) is 13.2. The van der Waals surface area contributed by atoms with Crippen molar-refractivity contribution in [3.8, 4) is 0 Å². The Hall–Kier alpha value is -1.08. The van der Waals surface area contributed by atoms with Gasteiger partial charge in [0, 0.05) is 32.9 Å². The number of hydrogen-bond donors (Lipinski definition) is 1. The number of piperidine rings is 1. The van der Waals surface area contributed by atoms with Crippen molar-refractivity contribution in [1.29, 1.82) is 0 Å². The molecule has 6 nitrogen and oxygen atoms in total. The third-order valence-corrected chi connectivity index (χ3v) is 4.52. The van der Waals surface area contributed by atoms with E-state index in [0.717, 1.165) is 25.1 Å². The molecule has 18 heavy (non-hydrogen) atoms. The normalized spacial score (nSPS) is 22.0. The standard InChI is InChI=1S/C11H20N4O2S/c1-14-9-11(7-13-14)12-6-10-4-3-5-15(8-10)18(2,16)17/h7,9-10,12H,3-6,8H2,1-2H3. The molecule has 1 aromatic heterocycles. The average Bonchev–Trinajstić information content (AvgIpc) is 2.72. The molecule has 0 spiro atoms. The van der Waals surface area contributed by atoms with Gasteiger partial charge in [-0.2, -0.15) is 5.10 Å². The van der Waals surface area contributed by atoms with Crippen LogP contribution in [0.1, 0.15) is 12.8 Å². The minimum Gasteiger partial charge on any atom is -0.382 e. The third-order valence-electron chi connectivity index (χ3n) is 3.25. The van der Waals surface area contributed by atoms with E-state index in [1.54, 1.807) is 15.2 Å². The summed E-state index contributed by atoms with van der Waals surface area (Å²) in [6, 6.07) is 0. The van der Waals surface area contributed by atoms with E-state index in [2.05, 4.69) is 10.4 Å². The number of nitrogens with zero attached hydrogens (tertiary/aromatic N) is 3. The van der Waals surface area contributed by atoms with Crippen LogP contribution < -0.4 is 5.32 Å². The number of nitrogens with one attached hydrogen (secondary N) is 1. The molecule has 0 aromatic carbocycles. The van der Waals surface area contributed by atoms with Gasteiger partial charge in [0.25, 0.3) is 0 Å². The fourth-order valence-electron chi connectivity index (χ4n) is 2.27. The van der Waals surface area contributed by atoms with Gasteiger partial charge < -0.3 is 5.32 Å². The first-order valence-corrected chi connectivity index (χ1v) is 7.97. The number of rotatable bonds is 4. The predicted octanol–water partition coefficient (Wildman–Crippen LogP) is 0.504. The number of sulfonamides is 1. The lowest BCUT2D eigenvalue weighted by atomic mass is 10.00. The summed E-state index contributed by atoms with van der Waals surface area (Å²) in [5.41, 5.74) is 0.981. The number of anilines is 1. The van der Waals surface area contributed by atoms with E-state index >= 15 is 0 Å². The molecule has 2 rings (SSSR count). The molecule has 1 aromatic rings. The Kier molecular flexibility index (Phi) is 3.91. The third kappa shape index (κ3) is 3.46. The van der Waals surface area contributed by atoms with Crippen LogP contribution >= 0.6 is 0 Å². The summed E-state index contributed by atoms with van der Waals surface area (Å²) in [4.78, 5) is 0. The maximum absolute atomic E-state index is 11.5. The Bertz CT molecular complexity index is 497. The Balaban J connectivity index is 1.86. The molecule has 1 unspecified atom stereocenters. The second-order valence-electron chi connectivity index (χ2n) is 4.91. The zero-order valence-corrected chi connectivity index (χ0v) is 11.7. The van der Waals surface area contributed by atoms with E-state index in [1.165, 1.54) is 6.26 Å². The Morgan fingerprint density at radius 1 is 1.56 bits per heavy atom. The van der Waals surface area contributed by atoms with Crippen LogP contribution in [0.2, 0.25) is 0 Å². The van der Waals surface area contributed by atoms with Gasteiger partial charge in [-0.1, -0.05) is 0 Å². The molecule has 1 N–H and O–H groups in total. The summed E-state index contributed by atoms with van der Waals surface area (Å²) in [6.45, 7) is 2.06. The molecule has 2 heterocycles. The lowest BCUT2D eigenvalue weighted by Crippen LogP contribution is -2.41. The van der Waals surface area contributed by atoms with E-state index < -0.39 is 10.0 Å². The van der Waals surface area contributed by atoms with Gasteiger partial charge in [0.05, 0.1) is 18.1 Å². The quantitative estimate of drug-likeness (QED) is 0.867. The molecular weight excluding hydrogens is 252 g/mol. The predicted molar refractivity (Wildman–Crippen MR) is 70.8 cm³/mol. The molecule has 0 aliphatic carbocycles. The van der Waals surface area contributed by atoms with Gasteiger partial charge >= 0.3 is 0 Å². The Morgan fingerprint density at radius 2 is 2.33 bits per heavy atom. The molecule has 1 aliphatic heterocycles. The van der Waals surface area contributed by atoms with Gasteiger partial charge in [0.15, 0.2) is 0 Å². The van der Waals surface area contributed by atoms with Crippen LogP contribution in [0.5, 0.6) is 0 Å². The SMILES string of the molecule is Cn1cc(NCC2CCCN(S(C)(=O)=O)C2)cn1. The van der Waals surface area contributed by atoms with Crippen molar-refractivity contribution >= 4 is 15.7 Å². The molecule has 0 saturated carbocycles. The number of aryl methyl sites for hydroxylation is 1. The number of aromatic nitrogens is 2. The second kappa shape index (κ2) is 5.27. The molecule has 7 heteroatoms. The van der Waals surface area contributed by atoms with Crippen molar-refractivity contribution in [2.45, 2.75) is 12.8 Å². The smallest absolute Gasteiger partial charge is 0.211 e.